The summed E-state index contributed by atoms with van der Waals surface area (Å²) in [5.74, 6) is -4.02. The minimum absolute atomic E-state index is 0.115. The molecule has 2 fully saturated rings. The first kappa shape index (κ1) is 17.4. The molecule has 21 heavy (non-hydrogen) atoms. The zero-order valence-electron chi connectivity index (χ0n) is 12.2. The van der Waals surface area contributed by atoms with Crippen molar-refractivity contribution in [1.29, 1.82) is 0 Å². The molecule has 10 heteroatoms. The average Bonchev–Trinajstić information content (AvgIpc) is 2.73. The summed E-state index contributed by atoms with van der Waals surface area (Å²) < 4.78 is 12.8. The first-order valence-corrected chi connectivity index (χ1v) is 7.77. The quantitative estimate of drug-likeness (QED) is 0.546. The molecule has 2 aliphatic heterocycles. The van der Waals surface area contributed by atoms with Gasteiger partial charge in [0.2, 0.25) is 0 Å². The van der Waals surface area contributed by atoms with Gasteiger partial charge >= 0.3 is 5.97 Å². The van der Waals surface area contributed by atoms with E-state index in [0.29, 0.717) is 0 Å². The minimum atomic E-state index is -1.91. The second kappa shape index (κ2) is 5.59. The average molecular weight is 300 g/mol. The van der Waals surface area contributed by atoms with Crippen molar-refractivity contribution in [2.75, 3.05) is 19.8 Å². The Kier molecular flexibility index (Phi) is 4.63. The van der Waals surface area contributed by atoms with Gasteiger partial charge in [-0.2, -0.15) is 0 Å². The topological polar surface area (TPSA) is 59.0 Å². The minimum Gasteiger partial charge on any atom is -0.481 e. The van der Waals surface area contributed by atoms with E-state index in [0.717, 1.165) is 0 Å². The monoisotopic (exact) mass is 301 g/mol. The third-order valence-electron chi connectivity index (χ3n) is 3.87. The van der Waals surface area contributed by atoms with Crippen molar-refractivity contribution in [2.24, 2.45) is 5.92 Å². The first-order valence-electron chi connectivity index (χ1n) is 6.74. The molecule has 2 atom stereocenters. The zero-order chi connectivity index (χ0) is 16.1. The maximum atomic E-state index is 11.7. The fraction of sp³-hybridized carbons (Fsp3) is 0.909. The van der Waals surface area contributed by atoms with E-state index in [4.69, 9.17) is 40.9 Å². The van der Waals surface area contributed by atoms with Gasteiger partial charge < -0.3 is 14.6 Å². The Balaban J connectivity index is 2.46. The van der Waals surface area contributed by atoms with Crippen LogP contribution in [0.15, 0.2) is 0 Å². The maximum Gasteiger partial charge on any atom is 0.311 e. The molecule has 0 aromatic carbocycles. The van der Waals surface area contributed by atoms with E-state index >= 15 is 0 Å². The molecule has 1 N–H and O–H groups in total. The van der Waals surface area contributed by atoms with Crippen molar-refractivity contribution in [3.63, 3.8) is 0 Å². The molecule has 0 bridgehead atoms. The number of ether oxygens (including phenoxy) is 2. The molecule has 0 amide bonds. The van der Waals surface area contributed by atoms with Gasteiger partial charge in [-0.3, -0.25) is 9.46 Å². The summed E-state index contributed by atoms with van der Waals surface area (Å²) in [5, 5.41) is 5.96. The van der Waals surface area contributed by atoms with E-state index in [2.05, 4.69) is 0 Å². The van der Waals surface area contributed by atoms with E-state index in [-0.39, 0.29) is 34.1 Å². The second-order valence-corrected chi connectivity index (χ2v) is 7.86. The van der Waals surface area contributed by atoms with E-state index in [1.807, 2.05) is 13.8 Å². The molecule has 8 radical (unpaired) electrons. The molecule has 2 rings (SSSR count). The number of aliphatic carboxylic acids is 1. The normalized spacial score (nSPS) is 31.3. The number of hydrogen-bond donors (Lipinski definition) is 1. The Morgan fingerprint density at radius 2 is 1.81 bits per heavy atom. The van der Waals surface area contributed by atoms with Crippen LogP contribution in [0.2, 0.25) is 5.21 Å². The van der Waals surface area contributed by atoms with Crippen LogP contribution in [0.3, 0.4) is 0 Å². The molecule has 2 aliphatic rings. The summed E-state index contributed by atoms with van der Waals surface area (Å²) in [6.07, 6.45) is 0. The third-order valence-corrected chi connectivity index (χ3v) is 5.23. The van der Waals surface area contributed by atoms with Gasteiger partial charge in [-0.05, 0) is 14.4 Å². The van der Waals surface area contributed by atoms with E-state index in [9.17, 15) is 9.90 Å². The fourth-order valence-corrected chi connectivity index (χ4v) is 4.20. The summed E-state index contributed by atoms with van der Waals surface area (Å²) in [6.45, 7) is 4.66. The van der Waals surface area contributed by atoms with Gasteiger partial charge in [0.05, 0.1) is 51.1 Å². The maximum absolute atomic E-state index is 11.7. The first-order chi connectivity index (χ1) is 9.54. The molecule has 0 aromatic heterocycles. The van der Waals surface area contributed by atoms with Crippen molar-refractivity contribution < 1.29 is 19.4 Å². The standard InChI is InChI=1S/C11H16B4NO4P/c1-6(2)21-16-5-9(19-3-4-20-9)7(8(17)18)10(12,13)11(16,14)15/h6-7,21H,3-5H2,1-2H3,(H,17,18). The van der Waals surface area contributed by atoms with Crippen LogP contribution in [0.5, 0.6) is 0 Å². The summed E-state index contributed by atoms with van der Waals surface area (Å²) >= 11 is 0. The predicted octanol–water partition coefficient (Wildman–Crippen LogP) is -0.808. The molecule has 0 saturated carbocycles. The van der Waals surface area contributed by atoms with Crippen LogP contribution in [0, 0.1) is 5.92 Å². The lowest BCUT2D eigenvalue weighted by molar-refractivity contribution is -0.228. The number of hydrogen-bond acceptors (Lipinski definition) is 4. The Morgan fingerprint density at radius 3 is 2.24 bits per heavy atom. The highest BCUT2D eigenvalue weighted by Gasteiger charge is 2.64. The largest absolute Gasteiger partial charge is 0.481 e. The van der Waals surface area contributed by atoms with Crippen molar-refractivity contribution in [3.05, 3.63) is 0 Å². The molecule has 1 spiro atoms. The highest BCUT2D eigenvalue weighted by molar-refractivity contribution is 7.36. The molecule has 106 valence electrons. The SMILES string of the molecule is [B]C1([B])C(C(=O)O)C2(CN(PC(C)C)C1([B])[B])OCCO2. The van der Waals surface area contributed by atoms with Gasteiger partial charge in [-0.15, -0.1) is 0 Å². The Morgan fingerprint density at radius 1 is 1.29 bits per heavy atom. The fourth-order valence-electron chi connectivity index (χ4n) is 2.86. The second-order valence-electron chi connectivity index (χ2n) is 5.91. The number of nitrogens with zero attached hydrogens (tertiary/aromatic N) is 1. The van der Waals surface area contributed by atoms with Crippen molar-refractivity contribution in [1.82, 2.24) is 4.67 Å². The van der Waals surface area contributed by atoms with Gasteiger partial charge in [0.25, 0.3) is 0 Å². The molecule has 5 nitrogen and oxygen atoms in total. The predicted molar refractivity (Wildman–Crippen MR) is 84.4 cm³/mol. The Hall–Kier alpha value is 0.0397. The zero-order valence-corrected chi connectivity index (χ0v) is 13.2. The molecular weight excluding hydrogens is 284 g/mol. The van der Waals surface area contributed by atoms with Crippen LogP contribution in [0.4, 0.5) is 0 Å². The van der Waals surface area contributed by atoms with Crippen LogP contribution < -0.4 is 0 Å². The van der Waals surface area contributed by atoms with Crippen molar-refractivity contribution in [3.8, 4) is 0 Å². The molecule has 2 saturated heterocycles. The summed E-state index contributed by atoms with van der Waals surface area (Å²) in [4.78, 5) is 11.7. The smallest absolute Gasteiger partial charge is 0.311 e. The van der Waals surface area contributed by atoms with E-state index < -0.39 is 28.2 Å². The summed E-state index contributed by atoms with van der Waals surface area (Å²) in [7, 11) is 24.6. The lowest BCUT2D eigenvalue weighted by atomic mass is 9.28. The highest BCUT2D eigenvalue weighted by Crippen LogP contribution is 2.56. The van der Waals surface area contributed by atoms with Crippen LogP contribution in [-0.2, 0) is 14.3 Å². The Labute approximate surface area is 132 Å². The van der Waals surface area contributed by atoms with Gasteiger partial charge in [-0.25, -0.2) is 0 Å². The summed E-state index contributed by atoms with van der Waals surface area (Å²) in [6, 6.07) is 0. The summed E-state index contributed by atoms with van der Waals surface area (Å²) in [5.41, 5.74) is 0.257. The molecular formula is C11H16B4NO4P. The van der Waals surface area contributed by atoms with Crippen molar-refractivity contribution in [2.45, 2.75) is 35.8 Å². The van der Waals surface area contributed by atoms with Crippen molar-refractivity contribution >= 4 is 46.1 Å². The third kappa shape index (κ3) is 2.71. The number of carbonyl (C=O) groups is 1. The highest BCUT2D eigenvalue weighted by atomic mass is 31.1. The lowest BCUT2D eigenvalue weighted by Gasteiger charge is -2.63. The molecule has 2 heterocycles. The van der Waals surface area contributed by atoms with Crippen LogP contribution in [0.1, 0.15) is 13.8 Å². The van der Waals surface area contributed by atoms with E-state index in [1.54, 1.807) is 4.67 Å². The van der Waals surface area contributed by atoms with Gasteiger partial charge in [0.1, 0.15) is 5.92 Å². The molecule has 0 aliphatic carbocycles. The number of piperidine rings is 1. The van der Waals surface area contributed by atoms with Gasteiger partial charge in [-0.1, -0.05) is 24.4 Å². The van der Waals surface area contributed by atoms with Gasteiger partial charge in [0.15, 0.2) is 5.79 Å². The van der Waals surface area contributed by atoms with Crippen LogP contribution in [0.25, 0.3) is 0 Å². The molecule has 2 unspecified atom stereocenters. The number of rotatable bonds is 3. The van der Waals surface area contributed by atoms with Gasteiger partial charge in [0, 0.05) is 0 Å². The lowest BCUT2D eigenvalue weighted by Crippen LogP contribution is -2.72. The number of carboxylic acid groups (broad SMARTS) is 1. The molecule has 0 aromatic rings. The Bertz CT molecular complexity index is 426. The van der Waals surface area contributed by atoms with E-state index in [1.165, 1.54) is 0 Å². The van der Waals surface area contributed by atoms with Crippen LogP contribution >= 0.6 is 8.73 Å². The number of carboxylic acids is 1. The van der Waals surface area contributed by atoms with Crippen LogP contribution in [-0.4, -0.2) is 83.7 Å².